The fourth-order valence-corrected chi connectivity index (χ4v) is 3.26. The molecule has 3 aliphatic heterocycles. The number of amides is 1. The largest absolute Gasteiger partial charge is 0.459 e. The first-order valence-corrected chi connectivity index (χ1v) is 8.28. The van der Waals surface area contributed by atoms with Crippen LogP contribution in [0, 0.1) is 0 Å². The monoisotopic (exact) mass is 359 g/mol. The highest BCUT2D eigenvalue weighted by molar-refractivity contribution is 5.80. The first kappa shape index (κ1) is 18.4. The number of aliphatic hydroxyl groups excluding tert-OH is 1. The Morgan fingerprint density at radius 3 is 2.60 bits per heavy atom. The lowest BCUT2D eigenvalue weighted by molar-refractivity contribution is -0.322. The van der Waals surface area contributed by atoms with Crippen molar-refractivity contribution < 1.29 is 38.4 Å². The zero-order valence-electron chi connectivity index (χ0n) is 15.1. The van der Waals surface area contributed by atoms with Crippen LogP contribution < -0.4 is 0 Å². The minimum atomic E-state index is -1.38. The van der Waals surface area contributed by atoms with Crippen LogP contribution in [0.3, 0.4) is 0 Å². The van der Waals surface area contributed by atoms with Crippen molar-refractivity contribution in [3.63, 3.8) is 0 Å². The summed E-state index contributed by atoms with van der Waals surface area (Å²) in [6, 6.07) is -0.604. The van der Waals surface area contributed by atoms with Gasteiger partial charge in [0, 0.05) is 0 Å². The average molecular weight is 359 g/mol. The lowest BCUT2D eigenvalue weighted by atomic mass is 9.95. The Bertz CT molecular complexity index is 571. The van der Waals surface area contributed by atoms with E-state index in [9.17, 15) is 14.7 Å². The van der Waals surface area contributed by atoms with Crippen molar-refractivity contribution >= 4 is 12.1 Å². The number of rotatable bonds is 2. The molecule has 0 aromatic carbocycles. The van der Waals surface area contributed by atoms with Crippen molar-refractivity contribution in [3.05, 3.63) is 0 Å². The highest BCUT2D eigenvalue weighted by Crippen LogP contribution is 2.41. The van der Waals surface area contributed by atoms with Crippen molar-refractivity contribution in [2.45, 2.75) is 70.0 Å². The molecule has 1 spiro atoms. The number of nitrogens with zero attached hydrogens (tertiary/aromatic N) is 1. The molecular weight excluding hydrogens is 334 g/mol. The minimum Gasteiger partial charge on any atom is -0.459 e. The summed E-state index contributed by atoms with van der Waals surface area (Å²) in [5.74, 6) is -2.85. The summed E-state index contributed by atoms with van der Waals surface area (Å²) < 4.78 is 27.5. The van der Waals surface area contributed by atoms with Gasteiger partial charge in [-0.1, -0.05) is 0 Å². The summed E-state index contributed by atoms with van der Waals surface area (Å²) >= 11 is 0. The number of aliphatic hydroxyl groups is 1. The van der Waals surface area contributed by atoms with E-state index in [2.05, 4.69) is 0 Å². The van der Waals surface area contributed by atoms with Crippen LogP contribution in [-0.4, -0.2) is 77.3 Å². The number of esters is 1. The average Bonchev–Trinajstić information content (AvgIpc) is 2.92. The maximum atomic E-state index is 12.2. The summed E-state index contributed by atoms with van der Waals surface area (Å²) in [4.78, 5) is 25.4. The van der Waals surface area contributed by atoms with Gasteiger partial charge in [-0.15, -0.1) is 0 Å². The SMILES string of the molecule is CC(C)(C)OC(=O)CN1C(=O)OC2[C@H]1CO[C@]1(COC(C)(C)O1)[C@H]2O. The fourth-order valence-electron chi connectivity index (χ4n) is 3.26. The highest BCUT2D eigenvalue weighted by atomic mass is 16.8. The van der Waals surface area contributed by atoms with Crippen LogP contribution in [0.25, 0.3) is 0 Å². The van der Waals surface area contributed by atoms with E-state index in [1.54, 1.807) is 34.6 Å². The predicted octanol–water partition coefficient (Wildman–Crippen LogP) is 0.388. The molecule has 0 bridgehead atoms. The molecule has 9 nitrogen and oxygen atoms in total. The van der Waals surface area contributed by atoms with E-state index in [1.165, 1.54) is 4.90 Å². The summed E-state index contributed by atoms with van der Waals surface area (Å²) in [7, 11) is 0. The second-order valence-electron chi connectivity index (χ2n) is 7.99. The van der Waals surface area contributed by atoms with Crippen LogP contribution in [0.5, 0.6) is 0 Å². The Morgan fingerprint density at radius 2 is 2.04 bits per heavy atom. The molecule has 0 aromatic heterocycles. The molecule has 0 aliphatic carbocycles. The second-order valence-corrected chi connectivity index (χ2v) is 7.99. The molecule has 1 unspecified atom stereocenters. The molecule has 3 heterocycles. The minimum absolute atomic E-state index is 0.0218. The zero-order chi connectivity index (χ0) is 18.6. The molecule has 3 saturated heterocycles. The van der Waals surface area contributed by atoms with Crippen molar-refractivity contribution in [1.29, 1.82) is 0 Å². The van der Waals surface area contributed by atoms with Gasteiger partial charge < -0.3 is 28.8 Å². The first-order chi connectivity index (χ1) is 11.4. The van der Waals surface area contributed by atoms with Crippen molar-refractivity contribution in [2.75, 3.05) is 19.8 Å². The van der Waals surface area contributed by atoms with Gasteiger partial charge in [-0.2, -0.15) is 0 Å². The van der Waals surface area contributed by atoms with E-state index >= 15 is 0 Å². The third-order valence-corrected chi connectivity index (χ3v) is 4.27. The van der Waals surface area contributed by atoms with Crippen molar-refractivity contribution in [3.8, 4) is 0 Å². The molecule has 1 N–H and O–H groups in total. The Morgan fingerprint density at radius 1 is 1.36 bits per heavy atom. The van der Waals surface area contributed by atoms with E-state index < -0.39 is 47.5 Å². The van der Waals surface area contributed by atoms with Crippen LogP contribution in [-0.2, 0) is 28.5 Å². The third kappa shape index (κ3) is 3.46. The number of carbonyl (C=O) groups is 2. The van der Waals surface area contributed by atoms with E-state index in [0.717, 1.165) is 0 Å². The molecule has 25 heavy (non-hydrogen) atoms. The van der Waals surface area contributed by atoms with Crippen LogP contribution in [0.2, 0.25) is 0 Å². The van der Waals surface area contributed by atoms with Crippen LogP contribution in [0.15, 0.2) is 0 Å². The lowest BCUT2D eigenvalue weighted by Crippen LogP contribution is -2.63. The molecule has 1 amide bonds. The molecule has 3 aliphatic rings. The Balaban J connectivity index is 1.70. The fraction of sp³-hybridized carbons (Fsp3) is 0.875. The van der Waals surface area contributed by atoms with Gasteiger partial charge in [0.25, 0.3) is 0 Å². The van der Waals surface area contributed by atoms with Gasteiger partial charge in [0.2, 0.25) is 5.79 Å². The molecule has 142 valence electrons. The molecule has 3 fully saturated rings. The highest BCUT2D eigenvalue weighted by Gasteiger charge is 2.63. The summed E-state index contributed by atoms with van der Waals surface area (Å²) in [6.07, 6.45) is -2.81. The molecular formula is C16H25NO8. The number of ether oxygens (including phenoxy) is 5. The summed E-state index contributed by atoms with van der Waals surface area (Å²) in [5, 5.41) is 10.7. The molecule has 9 heteroatoms. The van der Waals surface area contributed by atoms with Gasteiger partial charge >= 0.3 is 12.1 Å². The summed E-state index contributed by atoms with van der Waals surface area (Å²) in [6.45, 7) is 8.44. The molecule has 0 radical (unpaired) electrons. The third-order valence-electron chi connectivity index (χ3n) is 4.27. The van der Waals surface area contributed by atoms with Crippen molar-refractivity contribution in [2.24, 2.45) is 0 Å². The Labute approximate surface area is 146 Å². The standard InChI is InChI=1S/C16H25NO8/c1-14(2,3)24-10(18)6-17-9-7-21-16(8-22-15(4,5)25-16)12(19)11(9)23-13(17)20/h9,11-12,19H,6-8H2,1-5H3/t9-,11?,12+,16+/m1/s1. The molecule has 3 rings (SSSR count). The number of carbonyl (C=O) groups excluding carboxylic acids is 2. The van der Waals surface area contributed by atoms with Gasteiger partial charge in [-0.25, -0.2) is 4.79 Å². The topological polar surface area (TPSA) is 104 Å². The van der Waals surface area contributed by atoms with E-state index in [-0.39, 0.29) is 19.8 Å². The Hall–Kier alpha value is -1.42. The van der Waals surface area contributed by atoms with Gasteiger partial charge in [0.15, 0.2) is 11.9 Å². The maximum absolute atomic E-state index is 12.2. The normalized spacial score (nSPS) is 37.1. The number of hydrogen-bond donors (Lipinski definition) is 1. The van der Waals surface area contributed by atoms with E-state index in [1.807, 2.05) is 0 Å². The number of hydrogen-bond acceptors (Lipinski definition) is 8. The van der Waals surface area contributed by atoms with Crippen LogP contribution in [0.1, 0.15) is 34.6 Å². The maximum Gasteiger partial charge on any atom is 0.411 e. The van der Waals surface area contributed by atoms with E-state index in [0.29, 0.717) is 0 Å². The van der Waals surface area contributed by atoms with Gasteiger partial charge in [0.05, 0.1) is 12.6 Å². The van der Waals surface area contributed by atoms with Crippen LogP contribution in [0.4, 0.5) is 4.79 Å². The van der Waals surface area contributed by atoms with Gasteiger partial charge in [-0.3, -0.25) is 9.69 Å². The van der Waals surface area contributed by atoms with Crippen LogP contribution >= 0.6 is 0 Å². The second kappa shape index (κ2) is 5.80. The van der Waals surface area contributed by atoms with Crippen molar-refractivity contribution in [1.82, 2.24) is 4.90 Å². The molecule has 4 atom stereocenters. The lowest BCUT2D eigenvalue weighted by Gasteiger charge is -2.42. The van der Waals surface area contributed by atoms with Gasteiger partial charge in [0.1, 0.15) is 24.9 Å². The Kier molecular flexibility index (Phi) is 4.26. The zero-order valence-corrected chi connectivity index (χ0v) is 15.1. The summed E-state index contributed by atoms with van der Waals surface area (Å²) in [5.41, 5.74) is -0.659. The van der Waals surface area contributed by atoms with E-state index in [4.69, 9.17) is 23.7 Å². The molecule has 0 saturated carbocycles. The molecule has 0 aromatic rings. The van der Waals surface area contributed by atoms with Gasteiger partial charge in [-0.05, 0) is 34.6 Å². The quantitative estimate of drug-likeness (QED) is 0.706. The number of fused-ring (bicyclic) bond motifs is 1. The first-order valence-electron chi connectivity index (χ1n) is 8.28. The predicted molar refractivity (Wildman–Crippen MR) is 82.4 cm³/mol. The smallest absolute Gasteiger partial charge is 0.411 e.